The molecule has 0 aromatic carbocycles. The lowest BCUT2D eigenvalue weighted by molar-refractivity contribution is 0.126. The smallest absolute Gasteiger partial charge is 0.0197 e. The Kier molecular flexibility index (Phi) is 5.30. The molecular weight excluding hydrogens is 232 g/mol. The third kappa shape index (κ3) is 4.19. The van der Waals surface area contributed by atoms with Crippen LogP contribution in [0.2, 0.25) is 0 Å². The van der Waals surface area contributed by atoms with Gasteiger partial charge in [-0.15, -0.1) is 0 Å². The highest BCUT2D eigenvalue weighted by Gasteiger charge is 2.32. The normalized spacial score (nSPS) is 34.4. The molecule has 112 valence electrons. The van der Waals surface area contributed by atoms with Crippen LogP contribution >= 0.6 is 0 Å². The first-order chi connectivity index (χ1) is 9.01. The third-order valence-corrected chi connectivity index (χ3v) is 5.84. The molecule has 0 aromatic heterocycles. The summed E-state index contributed by atoms with van der Waals surface area (Å²) < 4.78 is 0. The maximum atomic E-state index is 3.94. The molecule has 19 heavy (non-hydrogen) atoms. The summed E-state index contributed by atoms with van der Waals surface area (Å²) in [6, 6.07) is 1.54. The van der Waals surface area contributed by atoms with Gasteiger partial charge in [0.15, 0.2) is 0 Å². The van der Waals surface area contributed by atoms with Crippen molar-refractivity contribution in [2.24, 2.45) is 11.3 Å². The first-order valence-electron chi connectivity index (χ1n) is 8.46. The van der Waals surface area contributed by atoms with Gasteiger partial charge in [-0.3, -0.25) is 0 Å². The summed E-state index contributed by atoms with van der Waals surface area (Å²) >= 11 is 0. The van der Waals surface area contributed by atoms with Crippen molar-refractivity contribution >= 4 is 0 Å². The Balaban J connectivity index is 1.74. The number of likely N-dealkylation sites (tertiary alicyclic amines) is 1. The number of nitrogens with zero attached hydrogens (tertiary/aromatic N) is 1. The molecule has 1 atom stereocenters. The second kappa shape index (κ2) is 6.58. The molecule has 0 amide bonds. The largest absolute Gasteiger partial charge is 0.310 e. The van der Waals surface area contributed by atoms with Crippen molar-refractivity contribution in [1.29, 1.82) is 0 Å². The standard InChI is InChI=1S/C17H34N2/c1-5-17(2,3)14-8-10-15(11-9-14)18-16-7-6-12-19(4)13-16/h14-16,18H,5-13H2,1-4H3. The summed E-state index contributed by atoms with van der Waals surface area (Å²) in [6.45, 7) is 9.81. The maximum Gasteiger partial charge on any atom is 0.0197 e. The van der Waals surface area contributed by atoms with Crippen molar-refractivity contribution in [1.82, 2.24) is 10.2 Å². The molecule has 0 bridgehead atoms. The van der Waals surface area contributed by atoms with E-state index in [1.165, 1.54) is 58.0 Å². The summed E-state index contributed by atoms with van der Waals surface area (Å²) in [5, 5.41) is 3.94. The third-order valence-electron chi connectivity index (χ3n) is 5.84. The molecule has 1 heterocycles. The van der Waals surface area contributed by atoms with E-state index >= 15 is 0 Å². The van der Waals surface area contributed by atoms with Crippen LogP contribution in [-0.4, -0.2) is 37.1 Å². The molecule has 1 unspecified atom stereocenters. The molecule has 1 saturated heterocycles. The number of piperidine rings is 1. The van der Waals surface area contributed by atoms with Crippen LogP contribution in [0, 0.1) is 11.3 Å². The van der Waals surface area contributed by atoms with Gasteiger partial charge in [0.1, 0.15) is 0 Å². The van der Waals surface area contributed by atoms with E-state index in [1.54, 1.807) is 0 Å². The average Bonchev–Trinajstić information content (AvgIpc) is 2.39. The summed E-state index contributed by atoms with van der Waals surface area (Å²) in [4.78, 5) is 2.48. The van der Waals surface area contributed by atoms with E-state index in [0.29, 0.717) is 5.41 Å². The van der Waals surface area contributed by atoms with Crippen molar-refractivity contribution in [3.8, 4) is 0 Å². The highest BCUT2D eigenvalue weighted by atomic mass is 15.1. The molecule has 2 nitrogen and oxygen atoms in total. The highest BCUT2D eigenvalue weighted by Crippen LogP contribution is 2.40. The van der Waals surface area contributed by atoms with Gasteiger partial charge in [0.05, 0.1) is 0 Å². The van der Waals surface area contributed by atoms with E-state index in [4.69, 9.17) is 0 Å². The van der Waals surface area contributed by atoms with Gasteiger partial charge in [-0.2, -0.15) is 0 Å². The van der Waals surface area contributed by atoms with E-state index in [-0.39, 0.29) is 0 Å². The fraction of sp³-hybridized carbons (Fsp3) is 1.00. The Hall–Kier alpha value is -0.0800. The Morgan fingerprint density at radius 2 is 1.74 bits per heavy atom. The van der Waals surface area contributed by atoms with E-state index in [9.17, 15) is 0 Å². The van der Waals surface area contributed by atoms with Crippen molar-refractivity contribution < 1.29 is 0 Å². The zero-order valence-electron chi connectivity index (χ0n) is 13.5. The molecule has 2 rings (SSSR count). The molecular formula is C17H34N2. The van der Waals surface area contributed by atoms with Gasteiger partial charge in [0.25, 0.3) is 0 Å². The van der Waals surface area contributed by atoms with Gasteiger partial charge >= 0.3 is 0 Å². The minimum absolute atomic E-state index is 0.552. The lowest BCUT2D eigenvalue weighted by atomic mass is 9.69. The van der Waals surface area contributed by atoms with Crippen LogP contribution in [0.25, 0.3) is 0 Å². The molecule has 1 aliphatic carbocycles. The van der Waals surface area contributed by atoms with Crippen molar-refractivity contribution in [3.63, 3.8) is 0 Å². The Bertz CT molecular complexity index is 266. The van der Waals surface area contributed by atoms with E-state index in [0.717, 1.165) is 18.0 Å². The van der Waals surface area contributed by atoms with E-state index in [2.05, 4.69) is 38.0 Å². The lowest BCUT2D eigenvalue weighted by Gasteiger charge is -2.41. The van der Waals surface area contributed by atoms with Crippen LogP contribution in [0.5, 0.6) is 0 Å². The summed E-state index contributed by atoms with van der Waals surface area (Å²) in [7, 11) is 2.26. The minimum atomic E-state index is 0.552. The summed E-state index contributed by atoms with van der Waals surface area (Å²) in [5.74, 6) is 0.949. The van der Waals surface area contributed by atoms with Gasteiger partial charge in [0, 0.05) is 18.6 Å². The quantitative estimate of drug-likeness (QED) is 0.835. The SMILES string of the molecule is CCC(C)(C)C1CCC(NC2CCCN(C)C2)CC1. The number of nitrogens with one attached hydrogen (secondary N) is 1. The zero-order chi connectivity index (χ0) is 13.9. The molecule has 1 N–H and O–H groups in total. The fourth-order valence-corrected chi connectivity index (χ4v) is 3.97. The average molecular weight is 266 g/mol. The van der Waals surface area contributed by atoms with E-state index in [1.807, 2.05) is 0 Å². The highest BCUT2D eigenvalue weighted by molar-refractivity contribution is 4.87. The van der Waals surface area contributed by atoms with Crippen molar-refractivity contribution in [2.45, 2.75) is 77.8 Å². The van der Waals surface area contributed by atoms with Crippen LogP contribution in [0.1, 0.15) is 65.7 Å². The zero-order valence-corrected chi connectivity index (χ0v) is 13.5. The van der Waals surface area contributed by atoms with Gasteiger partial charge in [-0.1, -0.05) is 27.2 Å². The maximum absolute atomic E-state index is 3.94. The van der Waals surface area contributed by atoms with Crippen LogP contribution in [0.15, 0.2) is 0 Å². The predicted octanol–water partition coefficient (Wildman–Crippen LogP) is 3.67. The van der Waals surface area contributed by atoms with Crippen molar-refractivity contribution in [3.05, 3.63) is 0 Å². The lowest BCUT2D eigenvalue weighted by Crippen LogP contribution is -2.49. The molecule has 1 saturated carbocycles. The van der Waals surface area contributed by atoms with Crippen LogP contribution in [0.3, 0.4) is 0 Å². The van der Waals surface area contributed by atoms with Gasteiger partial charge in [-0.25, -0.2) is 0 Å². The molecule has 1 aliphatic heterocycles. The number of likely N-dealkylation sites (N-methyl/N-ethyl adjacent to an activating group) is 1. The number of rotatable bonds is 4. The molecule has 0 radical (unpaired) electrons. The van der Waals surface area contributed by atoms with Crippen LogP contribution in [-0.2, 0) is 0 Å². The van der Waals surface area contributed by atoms with E-state index < -0.39 is 0 Å². The van der Waals surface area contributed by atoms with Crippen LogP contribution in [0.4, 0.5) is 0 Å². The monoisotopic (exact) mass is 266 g/mol. The summed E-state index contributed by atoms with van der Waals surface area (Å²) in [6.07, 6.45) is 9.73. The molecule has 0 aromatic rings. The van der Waals surface area contributed by atoms with Crippen LogP contribution < -0.4 is 5.32 Å². The topological polar surface area (TPSA) is 15.3 Å². The number of hydrogen-bond acceptors (Lipinski definition) is 2. The Morgan fingerprint density at radius 3 is 2.32 bits per heavy atom. The Labute approximate surface area is 120 Å². The number of hydrogen-bond donors (Lipinski definition) is 1. The van der Waals surface area contributed by atoms with Gasteiger partial charge in [0.2, 0.25) is 0 Å². The van der Waals surface area contributed by atoms with Gasteiger partial charge in [-0.05, 0) is 63.5 Å². The van der Waals surface area contributed by atoms with Gasteiger partial charge < -0.3 is 10.2 Å². The second-order valence-electron chi connectivity index (χ2n) is 7.66. The first-order valence-corrected chi connectivity index (χ1v) is 8.46. The minimum Gasteiger partial charge on any atom is -0.310 e. The first kappa shape index (κ1) is 15.3. The fourth-order valence-electron chi connectivity index (χ4n) is 3.97. The second-order valence-corrected chi connectivity index (χ2v) is 7.66. The molecule has 2 aliphatic rings. The molecule has 2 heteroatoms. The summed E-state index contributed by atoms with van der Waals surface area (Å²) in [5.41, 5.74) is 0.552. The predicted molar refractivity (Wildman–Crippen MR) is 83.5 cm³/mol. The molecule has 2 fully saturated rings. The Morgan fingerprint density at radius 1 is 1.05 bits per heavy atom. The molecule has 0 spiro atoms. The van der Waals surface area contributed by atoms with Crippen molar-refractivity contribution in [2.75, 3.05) is 20.1 Å².